The summed E-state index contributed by atoms with van der Waals surface area (Å²) in [5.74, 6) is 0.399. The lowest BCUT2D eigenvalue weighted by Gasteiger charge is -2.15. The average molecular weight is 347 g/mol. The largest absolute Gasteiger partial charge is 0.495 e. The second-order valence-electron chi connectivity index (χ2n) is 5.98. The number of carbonyl (C=O) groups excluding carboxylic acids is 1. The Balaban J connectivity index is 2.08. The van der Waals surface area contributed by atoms with Crippen LogP contribution in [-0.2, 0) is 4.79 Å². The van der Waals surface area contributed by atoms with E-state index in [-0.39, 0.29) is 12.5 Å². The van der Waals surface area contributed by atoms with Crippen molar-refractivity contribution in [2.45, 2.75) is 27.7 Å². The lowest BCUT2D eigenvalue weighted by Crippen LogP contribution is -2.22. The van der Waals surface area contributed by atoms with Crippen LogP contribution < -0.4 is 15.4 Å². The minimum Gasteiger partial charge on any atom is -0.495 e. The van der Waals surface area contributed by atoms with E-state index in [4.69, 9.17) is 16.3 Å². The number of ether oxygens (including phenoxy) is 1. The first-order valence-electron chi connectivity index (χ1n) is 7.77. The van der Waals surface area contributed by atoms with Crippen LogP contribution in [-0.4, -0.2) is 19.6 Å². The van der Waals surface area contributed by atoms with Gasteiger partial charge in [-0.05, 0) is 50.5 Å². The molecule has 0 unspecified atom stereocenters. The van der Waals surface area contributed by atoms with E-state index in [2.05, 4.69) is 29.7 Å². The third kappa shape index (κ3) is 4.20. The predicted octanol–water partition coefficient (Wildman–Crippen LogP) is 4.63. The van der Waals surface area contributed by atoms with Gasteiger partial charge in [0.1, 0.15) is 5.75 Å². The van der Waals surface area contributed by atoms with Crippen LogP contribution in [0, 0.1) is 27.7 Å². The van der Waals surface area contributed by atoms with Gasteiger partial charge in [0, 0.05) is 16.8 Å². The minimum atomic E-state index is -0.144. The lowest BCUT2D eigenvalue weighted by atomic mass is 10.1. The summed E-state index contributed by atoms with van der Waals surface area (Å²) in [5, 5.41) is 6.68. The molecule has 0 heterocycles. The molecule has 0 aliphatic rings. The molecule has 128 valence electrons. The van der Waals surface area contributed by atoms with Crippen LogP contribution in [0.2, 0.25) is 5.02 Å². The molecule has 2 aromatic rings. The van der Waals surface area contributed by atoms with Crippen molar-refractivity contribution in [2.24, 2.45) is 0 Å². The summed E-state index contributed by atoms with van der Waals surface area (Å²) in [6.45, 7) is 8.19. The first-order valence-corrected chi connectivity index (χ1v) is 8.15. The van der Waals surface area contributed by atoms with Crippen LogP contribution in [0.25, 0.3) is 0 Å². The van der Waals surface area contributed by atoms with Gasteiger partial charge in [0.05, 0.1) is 19.3 Å². The first kappa shape index (κ1) is 18.1. The summed E-state index contributed by atoms with van der Waals surface area (Å²) < 4.78 is 5.28. The zero-order valence-electron chi connectivity index (χ0n) is 14.7. The van der Waals surface area contributed by atoms with Crippen molar-refractivity contribution in [3.63, 3.8) is 0 Å². The molecule has 24 heavy (non-hydrogen) atoms. The second-order valence-corrected chi connectivity index (χ2v) is 6.38. The van der Waals surface area contributed by atoms with Gasteiger partial charge in [0.25, 0.3) is 0 Å². The third-order valence-electron chi connectivity index (χ3n) is 3.86. The van der Waals surface area contributed by atoms with Crippen LogP contribution in [0.5, 0.6) is 5.75 Å². The maximum absolute atomic E-state index is 12.3. The molecule has 0 aromatic heterocycles. The molecule has 0 aliphatic heterocycles. The van der Waals surface area contributed by atoms with E-state index in [1.165, 1.54) is 5.56 Å². The molecule has 4 nitrogen and oxygen atoms in total. The van der Waals surface area contributed by atoms with E-state index in [9.17, 15) is 4.79 Å². The summed E-state index contributed by atoms with van der Waals surface area (Å²) in [5.41, 5.74) is 5.95. The van der Waals surface area contributed by atoms with Gasteiger partial charge in [-0.25, -0.2) is 0 Å². The minimum absolute atomic E-state index is 0.144. The Bertz CT molecular complexity index is 749. The van der Waals surface area contributed by atoms with Crippen molar-refractivity contribution in [3.8, 4) is 5.75 Å². The highest BCUT2D eigenvalue weighted by molar-refractivity contribution is 6.31. The van der Waals surface area contributed by atoms with Crippen molar-refractivity contribution < 1.29 is 9.53 Å². The number of carbonyl (C=O) groups is 1. The van der Waals surface area contributed by atoms with Gasteiger partial charge in [-0.2, -0.15) is 0 Å². The highest BCUT2D eigenvalue weighted by atomic mass is 35.5. The number of amides is 1. The zero-order chi connectivity index (χ0) is 17.9. The predicted molar refractivity (Wildman–Crippen MR) is 101 cm³/mol. The Morgan fingerprint density at radius 2 is 1.67 bits per heavy atom. The molecule has 0 atom stereocenters. The van der Waals surface area contributed by atoms with Crippen molar-refractivity contribution >= 4 is 28.9 Å². The molecule has 0 spiro atoms. The molecule has 0 saturated carbocycles. The second kappa shape index (κ2) is 7.58. The molecule has 0 fully saturated rings. The van der Waals surface area contributed by atoms with Crippen molar-refractivity contribution in [1.29, 1.82) is 0 Å². The molecule has 0 bridgehead atoms. The summed E-state index contributed by atoms with van der Waals surface area (Å²) in [6, 6.07) is 7.70. The number of halogens is 1. The topological polar surface area (TPSA) is 50.4 Å². The number of rotatable bonds is 5. The quantitative estimate of drug-likeness (QED) is 0.829. The molecule has 5 heteroatoms. The first-order chi connectivity index (χ1) is 11.3. The number of benzene rings is 2. The zero-order valence-corrected chi connectivity index (χ0v) is 15.5. The van der Waals surface area contributed by atoms with Crippen LogP contribution >= 0.6 is 11.6 Å². The van der Waals surface area contributed by atoms with E-state index in [0.29, 0.717) is 16.5 Å². The Hall–Kier alpha value is -2.20. The van der Waals surface area contributed by atoms with Gasteiger partial charge in [0.15, 0.2) is 0 Å². The van der Waals surface area contributed by atoms with Crippen LogP contribution in [0.15, 0.2) is 24.3 Å². The molecule has 2 N–H and O–H groups in total. The average Bonchev–Trinajstić information content (AvgIpc) is 2.49. The maximum atomic E-state index is 12.3. The Labute approximate surface area is 148 Å². The summed E-state index contributed by atoms with van der Waals surface area (Å²) in [4.78, 5) is 12.3. The van der Waals surface area contributed by atoms with Crippen LogP contribution in [0.3, 0.4) is 0 Å². The van der Waals surface area contributed by atoms with E-state index >= 15 is 0 Å². The van der Waals surface area contributed by atoms with Crippen LogP contribution in [0.1, 0.15) is 22.3 Å². The summed E-state index contributed by atoms with van der Waals surface area (Å²) in [7, 11) is 1.55. The highest BCUT2D eigenvalue weighted by Gasteiger charge is 2.11. The van der Waals surface area contributed by atoms with Gasteiger partial charge in [0.2, 0.25) is 5.91 Å². The molecule has 2 aromatic carbocycles. The van der Waals surface area contributed by atoms with Gasteiger partial charge in [-0.15, -0.1) is 0 Å². The summed E-state index contributed by atoms with van der Waals surface area (Å²) >= 11 is 6.08. The van der Waals surface area contributed by atoms with Crippen molar-refractivity contribution in [2.75, 3.05) is 24.3 Å². The smallest absolute Gasteiger partial charge is 0.243 e. The SMILES string of the molecule is COc1cc(Cl)c(C)cc1NC(=O)CNc1c(C)cc(C)cc1C. The number of hydrogen-bond acceptors (Lipinski definition) is 3. The van der Waals surface area contributed by atoms with Gasteiger partial charge in [-0.3, -0.25) is 4.79 Å². The number of methoxy groups -OCH3 is 1. The Kier molecular flexibility index (Phi) is 5.73. The maximum Gasteiger partial charge on any atom is 0.243 e. The monoisotopic (exact) mass is 346 g/mol. The molecule has 0 radical (unpaired) electrons. The molecular formula is C19H23ClN2O2. The highest BCUT2D eigenvalue weighted by Crippen LogP contribution is 2.31. The molecule has 0 aliphatic carbocycles. The van der Waals surface area contributed by atoms with Crippen LogP contribution in [0.4, 0.5) is 11.4 Å². The van der Waals surface area contributed by atoms with Crippen molar-refractivity contribution in [1.82, 2.24) is 0 Å². The number of nitrogens with one attached hydrogen (secondary N) is 2. The third-order valence-corrected chi connectivity index (χ3v) is 4.26. The van der Waals surface area contributed by atoms with E-state index in [1.54, 1.807) is 19.2 Å². The number of anilines is 2. The summed E-state index contributed by atoms with van der Waals surface area (Å²) in [6.07, 6.45) is 0. The number of hydrogen-bond donors (Lipinski definition) is 2. The van der Waals surface area contributed by atoms with E-state index in [1.807, 2.05) is 20.8 Å². The molecule has 0 saturated heterocycles. The van der Waals surface area contributed by atoms with Gasteiger partial charge in [-0.1, -0.05) is 29.3 Å². The fourth-order valence-electron chi connectivity index (χ4n) is 2.75. The Morgan fingerprint density at radius 1 is 1.04 bits per heavy atom. The molecular weight excluding hydrogens is 324 g/mol. The van der Waals surface area contributed by atoms with E-state index in [0.717, 1.165) is 22.4 Å². The van der Waals surface area contributed by atoms with E-state index < -0.39 is 0 Å². The lowest BCUT2D eigenvalue weighted by molar-refractivity contribution is -0.114. The fraction of sp³-hybridized carbons (Fsp3) is 0.316. The molecule has 1 amide bonds. The Morgan fingerprint density at radius 3 is 2.25 bits per heavy atom. The van der Waals surface area contributed by atoms with Gasteiger partial charge < -0.3 is 15.4 Å². The van der Waals surface area contributed by atoms with Gasteiger partial charge >= 0.3 is 0 Å². The normalized spacial score (nSPS) is 10.4. The standard InChI is InChI=1S/C19H23ClN2O2/c1-11-6-13(3)19(14(4)7-11)21-10-18(23)22-16-8-12(2)15(20)9-17(16)24-5/h6-9,21H,10H2,1-5H3,(H,22,23). The fourth-order valence-corrected chi connectivity index (χ4v) is 2.91. The molecule has 2 rings (SSSR count). The number of aryl methyl sites for hydroxylation is 4. The van der Waals surface area contributed by atoms with Crippen molar-refractivity contribution in [3.05, 3.63) is 51.5 Å².